The van der Waals surface area contributed by atoms with Gasteiger partial charge in [0.15, 0.2) is 6.10 Å². The zero-order chi connectivity index (χ0) is 12.0. The van der Waals surface area contributed by atoms with E-state index >= 15 is 0 Å². The Morgan fingerprint density at radius 1 is 1.31 bits per heavy atom. The lowest BCUT2D eigenvalue weighted by Gasteiger charge is -2.26. The van der Waals surface area contributed by atoms with Gasteiger partial charge in [0.2, 0.25) is 0 Å². The molecular weight excluding hydrogens is 241 g/mol. The van der Waals surface area contributed by atoms with Crippen molar-refractivity contribution in [1.29, 1.82) is 0 Å². The van der Waals surface area contributed by atoms with E-state index in [0.29, 0.717) is 6.54 Å². The number of thioether (sulfide) groups is 1. The molecule has 0 spiro atoms. The molecule has 0 aromatic carbocycles. The number of halogens is 3. The summed E-state index contributed by atoms with van der Waals surface area (Å²) in [5, 5.41) is 11.3. The van der Waals surface area contributed by atoms with Crippen molar-refractivity contribution in [3.05, 3.63) is 0 Å². The number of nitrogens with zero attached hydrogens (tertiary/aromatic N) is 1. The van der Waals surface area contributed by atoms with Crippen LogP contribution in [0.4, 0.5) is 13.2 Å². The molecule has 96 valence electrons. The van der Waals surface area contributed by atoms with E-state index in [1.165, 1.54) is 0 Å². The molecule has 0 radical (unpaired) electrons. The van der Waals surface area contributed by atoms with E-state index in [2.05, 4.69) is 10.2 Å². The van der Waals surface area contributed by atoms with Crippen molar-refractivity contribution in [3.8, 4) is 0 Å². The molecule has 0 aromatic rings. The minimum Gasteiger partial charge on any atom is -0.382 e. The molecule has 1 rings (SSSR count). The van der Waals surface area contributed by atoms with Crippen molar-refractivity contribution in [2.24, 2.45) is 0 Å². The summed E-state index contributed by atoms with van der Waals surface area (Å²) in [6.45, 7) is 2.79. The van der Waals surface area contributed by atoms with Crippen LogP contribution in [-0.2, 0) is 0 Å². The molecule has 1 atom stereocenters. The van der Waals surface area contributed by atoms with Gasteiger partial charge in [0.25, 0.3) is 0 Å². The SMILES string of the molecule is OC(CNCCN1CCSCC1)C(F)(F)F. The molecule has 0 aliphatic carbocycles. The van der Waals surface area contributed by atoms with E-state index in [1.54, 1.807) is 0 Å². The number of hydrogen-bond acceptors (Lipinski definition) is 4. The third kappa shape index (κ3) is 5.38. The first kappa shape index (κ1) is 14.1. The number of rotatable bonds is 5. The normalized spacial score (nSPS) is 21.0. The molecule has 2 N–H and O–H groups in total. The Morgan fingerprint density at radius 3 is 2.50 bits per heavy atom. The summed E-state index contributed by atoms with van der Waals surface area (Å²) < 4.78 is 35.8. The van der Waals surface area contributed by atoms with Crippen molar-refractivity contribution in [2.45, 2.75) is 12.3 Å². The maximum atomic E-state index is 11.9. The standard InChI is InChI=1S/C9H17F3N2OS/c10-9(11,12)8(15)7-13-1-2-14-3-5-16-6-4-14/h8,13,15H,1-7H2. The molecule has 1 unspecified atom stereocenters. The summed E-state index contributed by atoms with van der Waals surface area (Å²) in [6, 6.07) is 0. The van der Waals surface area contributed by atoms with Gasteiger partial charge in [-0.25, -0.2) is 0 Å². The highest BCUT2D eigenvalue weighted by Crippen LogP contribution is 2.19. The highest BCUT2D eigenvalue weighted by Gasteiger charge is 2.37. The lowest BCUT2D eigenvalue weighted by Crippen LogP contribution is -2.42. The molecular formula is C9H17F3N2OS. The quantitative estimate of drug-likeness (QED) is 0.706. The average Bonchev–Trinajstić information content (AvgIpc) is 2.24. The van der Waals surface area contributed by atoms with Gasteiger partial charge in [0, 0.05) is 44.2 Å². The second kappa shape index (κ2) is 6.68. The number of nitrogens with one attached hydrogen (secondary N) is 1. The molecule has 1 heterocycles. The molecule has 16 heavy (non-hydrogen) atoms. The predicted octanol–water partition coefficient (Wildman–Crippen LogP) is 0.548. The van der Waals surface area contributed by atoms with E-state index in [-0.39, 0.29) is 0 Å². The minimum atomic E-state index is -4.52. The van der Waals surface area contributed by atoms with E-state index in [1.807, 2.05) is 11.8 Å². The molecule has 7 heteroatoms. The Balaban J connectivity index is 2.02. The summed E-state index contributed by atoms with van der Waals surface area (Å²) in [6.07, 6.45) is -6.78. The molecule has 0 aromatic heterocycles. The lowest BCUT2D eigenvalue weighted by atomic mass is 10.3. The molecule has 1 saturated heterocycles. The van der Waals surface area contributed by atoms with Crippen molar-refractivity contribution in [3.63, 3.8) is 0 Å². The molecule has 3 nitrogen and oxygen atoms in total. The summed E-state index contributed by atoms with van der Waals surface area (Å²) in [7, 11) is 0. The Hall–Kier alpha value is 0.0200. The monoisotopic (exact) mass is 258 g/mol. The van der Waals surface area contributed by atoms with Crippen LogP contribution in [0.5, 0.6) is 0 Å². The number of aliphatic hydroxyl groups excluding tert-OH is 1. The smallest absolute Gasteiger partial charge is 0.382 e. The van der Waals surface area contributed by atoms with Crippen molar-refractivity contribution in [2.75, 3.05) is 44.2 Å². The van der Waals surface area contributed by atoms with Crippen molar-refractivity contribution in [1.82, 2.24) is 10.2 Å². The van der Waals surface area contributed by atoms with Crippen LogP contribution in [0.25, 0.3) is 0 Å². The predicted molar refractivity (Wildman–Crippen MR) is 58.7 cm³/mol. The Kier molecular flexibility index (Phi) is 5.88. The first-order valence-corrected chi connectivity index (χ1v) is 6.41. The highest BCUT2D eigenvalue weighted by molar-refractivity contribution is 7.99. The highest BCUT2D eigenvalue weighted by atomic mass is 32.2. The molecule has 0 saturated carbocycles. The maximum absolute atomic E-state index is 11.9. The second-order valence-corrected chi connectivity index (χ2v) is 4.94. The van der Waals surface area contributed by atoms with Gasteiger partial charge in [-0.05, 0) is 0 Å². The van der Waals surface area contributed by atoms with Gasteiger partial charge < -0.3 is 15.3 Å². The maximum Gasteiger partial charge on any atom is 0.415 e. The van der Waals surface area contributed by atoms with Crippen LogP contribution in [-0.4, -0.2) is 66.5 Å². The van der Waals surface area contributed by atoms with Gasteiger partial charge in [0.05, 0.1) is 0 Å². The molecule has 1 fully saturated rings. The van der Waals surface area contributed by atoms with Gasteiger partial charge in [-0.1, -0.05) is 0 Å². The topological polar surface area (TPSA) is 35.5 Å². The Morgan fingerprint density at radius 2 is 1.94 bits per heavy atom. The van der Waals surface area contributed by atoms with Gasteiger partial charge >= 0.3 is 6.18 Å². The van der Waals surface area contributed by atoms with Gasteiger partial charge in [-0.15, -0.1) is 0 Å². The summed E-state index contributed by atoms with van der Waals surface area (Å²) in [5.74, 6) is 2.18. The van der Waals surface area contributed by atoms with Crippen LogP contribution >= 0.6 is 11.8 Å². The Labute approximate surface area is 97.4 Å². The second-order valence-electron chi connectivity index (χ2n) is 3.72. The van der Waals surface area contributed by atoms with E-state index < -0.39 is 18.8 Å². The molecule has 1 aliphatic rings. The summed E-state index contributed by atoms with van der Waals surface area (Å²) in [4.78, 5) is 2.21. The van der Waals surface area contributed by atoms with Crippen LogP contribution in [0.15, 0.2) is 0 Å². The molecule has 1 aliphatic heterocycles. The zero-order valence-corrected chi connectivity index (χ0v) is 9.78. The van der Waals surface area contributed by atoms with E-state index in [0.717, 1.165) is 31.1 Å². The van der Waals surface area contributed by atoms with Crippen LogP contribution in [0.3, 0.4) is 0 Å². The summed E-state index contributed by atoms with van der Waals surface area (Å²) in [5.41, 5.74) is 0. The number of alkyl halides is 3. The average molecular weight is 258 g/mol. The van der Waals surface area contributed by atoms with Crippen molar-refractivity contribution >= 4 is 11.8 Å². The number of aliphatic hydroxyl groups is 1. The fraction of sp³-hybridized carbons (Fsp3) is 1.00. The van der Waals surface area contributed by atoms with E-state index in [9.17, 15) is 13.2 Å². The van der Waals surface area contributed by atoms with Gasteiger partial charge in [-0.2, -0.15) is 24.9 Å². The Bertz CT molecular complexity index is 198. The first-order chi connectivity index (χ1) is 7.50. The van der Waals surface area contributed by atoms with Crippen LogP contribution in [0.1, 0.15) is 0 Å². The van der Waals surface area contributed by atoms with Crippen LogP contribution in [0, 0.1) is 0 Å². The minimum absolute atomic E-state index is 0.425. The summed E-state index contributed by atoms with van der Waals surface area (Å²) >= 11 is 1.90. The number of hydrogen-bond donors (Lipinski definition) is 2. The fourth-order valence-corrected chi connectivity index (χ4v) is 2.40. The van der Waals surface area contributed by atoms with E-state index in [4.69, 9.17) is 5.11 Å². The molecule has 0 amide bonds. The zero-order valence-electron chi connectivity index (χ0n) is 8.96. The van der Waals surface area contributed by atoms with Crippen LogP contribution in [0.2, 0.25) is 0 Å². The van der Waals surface area contributed by atoms with Crippen LogP contribution < -0.4 is 5.32 Å². The third-order valence-corrected chi connectivity index (χ3v) is 3.37. The van der Waals surface area contributed by atoms with Gasteiger partial charge in [0.1, 0.15) is 0 Å². The molecule has 0 bridgehead atoms. The third-order valence-electron chi connectivity index (χ3n) is 2.42. The van der Waals surface area contributed by atoms with Crippen molar-refractivity contribution < 1.29 is 18.3 Å². The lowest BCUT2D eigenvalue weighted by molar-refractivity contribution is -0.201. The van der Waals surface area contributed by atoms with Gasteiger partial charge in [-0.3, -0.25) is 0 Å². The largest absolute Gasteiger partial charge is 0.415 e. The fourth-order valence-electron chi connectivity index (χ4n) is 1.42. The first-order valence-electron chi connectivity index (χ1n) is 5.26.